The van der Waals surface area contributed by atoms with E-state index in [1.165, 1.54) is 130 Å². The molecule has 0 heterocycles. The molecule has 1 heteroatoms. The fourth-order valence-corrected chi connectivity index (χ4v) is 11.9. The van der Waals surface area contributed by atoms with Crippen LogP contribution >= 0.6 is 0 Å². The van der Waals surface area contributed by atoms with Crippen molar-refractivity contribution >= 4 is 27.8 Å². The number of benzene rings is 7. The standard InChI is InChI=1S/C56H53N/c1-56(2)51-19-11-18-48(40-12-5-3-6-13-40)55(51)49-32-31-46(36-52(49)56)57(53-33-28-41-14-9-10-17-47(41)54(53)43-15-7-4-8-16-43)45-29-26-39(27-30-45)38-22-24-42(25-23-38)50-35-37-20-21-44(50)34-37/h4,7-11,14-19,22-33,36-37,40,44,50H,3,5-6,12-13,20-21,34-35H2,1-2H3. The highest BCUT2D eigenvalue weighted by Gasteiger charge is 2.40. The number of hydrogen-bond acceptors (Lipinski definition) is 1. The van der Waals surface area contributed by atoms with Gasteiger partial charge in [-0.25, -0.2) is 0 Å². The maximum Gasteiger partial charge on any atom is 0.0546 e. The zero-order valence-electron chi connectivity index (χ0n) is 33.6. The van der Waals surface area contributed by atoms with Gasteiger partial charge in [-0.1, -0.05) is 161 Å². The fourth-order valence-electron chi connectivity index (χ4n) is 11.9. The minimum absolute atomic E-state index is 0.100. The van der Waals surface area contributed by atoms with E-state index in [1.807, 2.05) is 0 Å². The maximum absolute atomic E-state index is 2.53. The molecule has 3 atom stereocenters. The van der Waals surface area contributed by atoms with Gasteiger partial charge in [0.15, 0.2) is 0 Å². The Kier molecular flexibility index (Phi) is 8.50. The van der Waals surface area contributed by atoms with Crippen molar-refractivity contribution in [2.45, 2.75) is 88.9 Å². The van der Waals surface area contributed by atoms with Crippen molar-refractivity contribution in [3.05, 3.63) is 174 Å². The molecule has 0 saturated heterocycles. The first kappa shape index (κ1) is 34.8. The first-order chi connectivity index (χ1) is 28.0. The maximum atomic E-state index is 2.53. The molecule has 0 N–H and O–H groups in total. The lowest BCUT2D eigenvalue weighted by molar-refractivity contribution is 0.420. The SMILES string of the molecule is CC1(C)c2cc(N(c3ccc(-c4ccc(C5CC6CCC5C6)cc4)cc3)c3ccc4ccccc4c3-c3ccccc3)ccc2-c2c(C3CCCCC3)cccc21. The van der Waals surface area contributed by atoms with Crippen LogP contribution < -0.4 is 4.90 Å². The Hall–Kier alpha value is -5.40. The summed E-state index contributed by atoms with van der Waals surface area (Å²) in [4.78, 5) is 2.53. The number of rotatable bonds is 7. The van der Waals surface area contributed by atoms with Crippen molar-refractivity contribution in [1.82, 2.24) is 0 Å². The van der Waals surface area contributed by atoms with Gasteiger partial charge in [0.25, 0.3) is 0 Å². The highest BCUT2D eigenvalue weighted by molar-refractivity contribution is 6.05. The third kappa shape index (κ3) is 5.88. The first-order valence-electron chi connectivity index (χ1n) is 21.9. The van der Waals surface area contributed by atoms with Crippen LogP contribution in [0, 0.1) is 11.8 Å². The van der Waals surface area contributed by atoms with Gasteiger partial charge < -0.3 is 4.90 Å². The van der Waals surface area contributed by atoms with E-state index < -0.39 is 0 Å². The minimum atomic E-state index is -0.100. The van der Waals surface area contributed by atoms with Gasteiger partial charge in [-0.15, -0.1) is 0 Å². The summed E-state index contributed by atoms with van der Waals surface area (Å²) in [6, 6.07) is 58.0. The molecule has 282 valence electrons. The fraction of sp³-hybridized carbons (Fsp3) is 0.286. The van der Waals surface area contributed by atoms with E-state index in [2.05, 4.69) is 170 Å². The Balaban J connectivity index is 1.04. The Morgan fingerprint density at radius 3 is 2.02 bits per heavy atom. The summed E-state index contributed by atoms with van der Waals surface area (Å²) in [7, 11) is 0. The smallest absolute Gasteiger partial charge is 0.0546 e. The zero-order valence-corrected chi connectivity index (χ0v) is 33.6. The van der Waals surface area contributed by atoms with Gasteiger partial charge in [-0.3, -0.25) is 0 Å². The molecular formula is C56H53N. The van der Waals surface area contributed by atoms with Gasteiger partial charge in [0.2, 0.25) is 0 Å². The second-order valence-electron chi connectivity index (χ2n) is 18.3. The Labute approximate surface area is 339 Å². The van der Waals surface area contributed by atoms with Crippen LogP contribution in [0.4, 0.5) is 17.1 Å². The molecule has 4 aliphatic rings. The van der Waals surface area contributed by atoms with Crippen LogP contribution in [0.1, 0.15) is 106 Å². The summed E-state index contributed by atoms with van der Waals surface area (Å²) in [6.45, 7) is 4.89. The molecule has 11 rings (SSSR count). The summed E-state index contributed by atoms with van der Waals surface area (Å²) in [5.74, 6) is 3.29. The monoisotopic (exact) mass is 739 g/mol. The molecule has 2 bridgehead atoms. The molecule has 3 fully saturated rings. The first-order valence-corrected chi connectivity index (χ1v) is 21.9. The van der Waals surface area contributed by atoms with Crippen LogP contribution in [0.2, 0.25) is 0 Å². The van der Waals surface area contributed by atoms with E-state index in [9.17, 15) is 0 Å². The highest BCUT2D eigenvalue weighted by atomic mass is 15.1. The zero-order chi connectivity index (χ0) is 38.1. The van der Waals surface area contributed by atoms with Gasteiger partial charge in [0.1, 0.15) is 0 Å². The number of fused-ring (bicyclic) bond motifs is 6. The molecule has 0 radical (unpaired) electrons. The van der Waals surface area contributed by atoms with Gasteiger partial charge >= 0.3 is 0 Å². The topological polar surface area (TPSA) is 3.24 Å². The van der Waals surface area contributed by atoms with Crippen LogP contribution in [0.15, 0.2) is 152 Å². The second-order valence-corrected chi connectivity index (χ2v) is 18.3. The summed E-state index contributed by atoms with van der Waals surface area (Å²) >= 11 is 0. The van der Waals surface area contributed by atoms with Gasteiger partial charge in [-0.05, 0) is 147 Å². The van der Waals surface area contributed by atoms with Crippen LogP contribution in [0.5, 0.6) is 0 Å². The Morgan fingerprint density at radius 1 is 0.526 bits per heavy atom. The summed E-state index contributed by atoms with van der Waals surface area (Å²) in [6.07, 6.45) is 12.4. The van der Waals surface area contributed by atoms with E-state index in [0.29, 0.717) is 5.92 Å². The van der Waals surface area contributed by atoms with Crippen molar-refractivity contribution < 1.29 is 0 Å². The summed E-state index contributed by atoms with van der Waals surface area (Å²) in [5, 5.41) is 2.52. The molecule has 0 aromatic heterocycles. The van der Waals surface area contributed by atoms with Gasteiger partial charge in [-0.2, -0.15) is 0 Å². The number of nitrogens with zero attached hydrogens (tertiary/aromatic N) is 1. The molecule has 4 aliphatic carbocycles. The third-order valence-electron chi connectivity index (χ3n) is 14.8. The molecule has 57 heavy (non-hydrogen) atoms. The number of anilines is 3. The molecule has 1 nitrogen and oxygen atoms in total. The molecule has 0 aliphatic heterocycles. The third-order valence-corrected chi connectivity index (χ3v) is 14.8. The van der Waals surface area contributed by atoms with Crippen molar-refractivity contribution in [2.75, 3.05) is 4.90 Å². The normalized spacial score (nSPS) is 20.8. The van der Waals surface area contributed by atoms with Crippen molar-refractivity contribution in [2.24, 2.45) is 11.8 Å². The van der Waals surface area contributed by atoms with Crippen LogP contribution in [-0.4, -0.2) is 0 Å². The average Bonchev–Trinajstić information content (AvgIpc) is 3.97. The lowest BCUT2D eigenvalue weighted by Crippen LogP contribution is -2.17. The molecule has 3 saturated carbocycles. The predicted molar refractivity (Wildman–Crippen MR) is 241 cm³/mol. The summed E-state index contributed by atoms with van der Waals surface area (Å²) < 4.78 is 0. The number of hydrogen-bond donors (Lipinski definition) is 0. The highest BCUT2D eigenvalue weighted by Crippen LogP contribution is 2.55. The van der Waals surface area contributed by atoms with Gasteiger partial charge in [0.05, 0.1) is 5.69 Å². The molecular weight excluding hydrogens is 687 g/mol. The van der Waals surface area contributed by atoms with Gasteiger partial charge in [0, 0.05) is 22.4 Å². The average molecular weight is 740 g/mol. The molecule has 3 unspecified atom stereocenters. The quantitative estimate of drug-likeness (QED) is 0.157. The second kappa shape index (κ2) is 13.9. The van der Waals surface area contributed by atoms with E-state index in [0.717, 1.165) is 17.8 Å². The largest absolute Gasteiger partial charge is 0.310 e. The van der Waals surface area contributed by atoms with Crippen molar-refractivity contribution in [3.63, 3.8) is 0 Å². The minimum Gasteiger partial charge on any atom is -0.310 e. The van der Waals surface area contributed by atoms with Crippen molar-refractivity contribution in [1.29, 1.82) is 0 Å². The Morgan fingerprint density at radius 2 is 1.26 bits per heavy atom. The van der Waals surface area contributed by atoms with E-state index in [-0.39, 0.29) is 5.41 Å². The summed E-state index contributed by atoms with van der Waals surface area (Å²) in [5.41, 5.74) is 17.5. The lowest BCUT2D eigenvalue weighted by atomic mass is 9.78. The predicted octanol–water partition coefficient (Wildman–Crippen LogP) is 15.9. The Bertz CT molecular complexity index is 2590. The van der Waals surface area contributed by atoms with E-state index in [4.69, 9.17) is 0 Å². The lowest BCUT2D eigenvalue weighted by Gasteiger charge is -2.30. The van der Waals surface area contributed by atoms with Crippen LogP contribution in [0.3, 0.4) is 0 Å². The van der Waals surface area contributed by atoms with Crippen molar-refractivity contribution in [3.8, 4) is 33.4 Å². The van der Waals surface area contributed by atoms with E-state index in [1.54, 1.807) is 11.1 Å². The van der Waals surface area contributed by atoms with E-state index >= 15 is 0 Å². The van der Waals surface area contributed by atoms with Crippen LogP contribution in [-0.2, 0) is 5.41 Å². The molecule has 7 aromatic carbocycles. The van der Waals surface area contributed by atoms with Crippen LogP contribution in [0.25, 0.3) is 44.2 Å². The molecule has 0 spiro atoms. The molecule has 0 amide bonds. The molecule has 7 aromatic rings.